The topological polar surface area (TPSA) is 52.6 Å². The number of carbonyl (C=O) groups is 1. The minimum atomic E-state index is -0.297. The zero-order valence-corrected chi connectivity index (χ0v) is 10.4. The number of hydrogen-bond donors (Lipinski definition) is 2. The molecule has 1 fully saturated rings. The summed E-state index contributed by atoms with van der Waals surface area (Å²) in [6, 6.07) is 0.239. The van der Waals surface area contributed by atoms with E-state index in [1.54, 1.807) is 0 Å². The van der Waals surface area contributed by atoms with E-state index in [1.165, 1.54) is 12.8 Å². The molecule has 94 valence electrons. The van der Waals surface area contributed by atoms with Crippen LogP contribution in [0, 0.1) is 0 Å². The van der Waals surface area contributed by atoms with E-state index in [1.807, 2.05) is 13.8 Å². The van der Waals surface area contributed by atoms with Gasteiger partial charge < -0.3 is 10.4 Å². The highest BCUT2D eigenvalue weighted by molar-refractivity contribution is 5.75. The highest BCUT2D eigenvalue weighted by Gasteiger charge is 2.26. The Kier molecular flexibility index (Phi) is 5.77. The second kappa shape index (κ2) is 6.86. The number of aliphatic hydroxyl groups is 1. The Morgan fingerprint density at radius 2 is 2.31 bits per heavy atom. The molecule has 0 radical (unpaired) electrons. The molecule has 16 heavy (non-hydrogen) atoms. The molecule has 0 aromatic heterocycles. The van der Waals surface area contributed by atoms with Crippen LogP contribution in [0.2, 0.25) is 0 Å². The molecule has 1 aliphatic rings. The minimum Gasteiger partial charge on any atom is -0.392 e. The molecule has 4 heteroatoms. The zero-order valence-electron chi connectivity index (χ0n) is 10.4. The van der Waals surface area contributed by atoms with Gasteiger partial charge in [-0.25, -0.2) is 0 Å². The van der Waals surface area contributed by atoms with Gasteiger partial charge in [-0.3, -0.25) is 9.69 Å². The van der Waals surface area contributed by atoms with Crippen molar-refractivity contribution in [1.29, 1.82) is 0 Å². The van der Waals surface area contributed by atoms with Gasteiger partial charge >= 0.3 is 0 Å². The summed E-state index contributed by atoms with van der Waals surface area (Å²) in [5.41, 5.74) is 0. The molecule has 0 aromatic carbocycles. The highest BCUT2D eigenvalue weighted by Crippen LogP contribution is 2.19. The predicted molar refractivity (Wildman–Crippen MR) is 64.2 cm³/mol. The van der Waals surface area contributed by atoms with Crippen molar-refractivity contribution < 1.29 is 9.90 Å². The Bertz CT molecular complexity index is 219. The molecule has 2 atom stereocenters. The van der Waals surface area contributed by atoms with Gasteiger partial charge in [-0.05, 0) is 33.2 Å². The zero-order chi connectivity index (χ0) is 12.0. The Labute approximate surface area is 98.0 Å². The van der Waals surface area contributed by atoms with Crippen molar-refractivity contribution in [2.24, 2.45) is 0 Å². The van der Waals surface area contributed by atoms with Gasteiger partial charge in [0.15, 0.2) is 0 Å². The largest absolute Gasteiger partial charge is 0.392 e. The second-order valence-electron chi connectivity index (χ2n) is 4.54. The summed E-state index contributed by atoms with van der Waals surface area (Å²) in [7, 11) is 0. The lowest BCUT2D eigenvalue weighted by Crippen LogP contribution is -2.46. The monoisotopic (exact) mass is 228 g/mol. The van der Waals surface area contributed by atoms with Gasteiger partial charge in [0.1, 0.15) is 0 Å². The van der Waals surface area contributed by atoms with Crippen LogP contribution in [-0.4, -0.2) is 47.7 Å². The quantitative estimate of drug-likeness (QED) is 0.730. The van der Waals surface area contributed by atoms with Gasteiger partial charge in [-0.1, -0.05) is 6.42 Å². The Morgan fingerprint density at radius 1 is 1.56 bits per heavy atom. The van der Waals surface area contributed by atoms with Gasteiger partial charge in [0, 0.05) is 25.6 Å². The number of likely N-dealkylation sites (tertiary alicyclic amines) is 1. The predicted octanol–water partition coefficient (Wildman–Crippen LogP) is 0.748. The molecule has 0 aromatic rings. The first-order chi connectivity index (χ1) is 7.65. The fourth-order valence-electron chi connectivity index (χ4n) is 2.37. The lowest BCUT2D eigenvalue weighted by Gasteiger charge is -2.37. The number of nitrogens with one attached hydrogen (secondary N) is 1. The average Bonchev–Trinajstić information content (AvgIpc) is 2.27. The summed E-state index contributed by atoms with van der Waals surface area (Å²) < 4.78 is 0. The Morgan fingerprint density at radius 3 is 2.94 bits per heavy atom. The highest BCUT2D eigenvalue weighted by atomic mass is 16.3. The number of rotatable bonds is 5. The van der Waals surface area contributed by atoms with Crippen LogP contribution in [0.4, 0.5) is 0 Å². The third-order valence-electron chi connectivity index (χ3n) is 3.22. The number of amides is 1. The van der Waals surface area contributed by atoms with Crippen LogP contribution >= 0.6 is 0 Å². The Hall–Kier alpha value is -0.610. The molecule has 0 bridgehead atoms. The molecule has 1 saturated heterocycles. The summed E-state index contributed by atoms with van der Waals surface area (Å²) in [6.45, 7) is 6.24. The summed E-state index contributed by atoms with van der Waals surface area (Å²) in [5, 5.41) is 12.5. The molecule has 1 heterocycles. The van der Waals surface area contributed by atoms with Gasteiger partial charge in [-0.15, -0.1) is 0 Å². The lowest BCUT2D eigenvalue weighted by atomic mass is 9.98. The maximum Gasteiger partial charge on any atom is 0.221 e. The molecule has 1 rings (SSSR count). The Balaban J connectivity index is 2.35. The minimum absolute atomic E-state index is 0.109. The van der Waals surface area contributed by atoms with E-state index in [4.69, 9.17) is 0 Å². The van der Waals surface area contributed by atoms with Crippen LogP contribution in [0.25, 0.3) is 0 Å². The van der Waals surface area contributed by atoms with Crippen molar-refractivity contribution in [2.75, 3.05) is 19.6 Å². The van der Waals surface area contributed by atoms with E-state index in [2.05, 4.69) is 10.2 Å². The molecule has 4 nitrogen and oxygen atoms in total. The molecule has 0 spiro atoms. The maximum atomic E-state index is 11.4. The normalized spacial score (nSPS) is 24.1. The van der Waals surface area contributed by atoms with Crippen molar-refractivity contribution in [1.82, 2.24) is 10.2 Å². The van der Waals surface area contributed by atoms with Crippen LogP contribution < -0.4 is 5.32 Å². The van der Waals surface area contributed by atoms with Crippen LogP contribution in [-0.2, 0) is 4.79 Å². The van der Waals surface area contributed by atoms with Gasteiger partial charge in [-0.2, -0.15) is 0 Å². The van der Waals surface area contributed by atoms with E-state index < -0.39 is 0 Å². The van der Waals surface area contributed by atoms with E-state index in [-0.39, 0.29) is 18.1 Å². The summed E-state index contributed by atoms with van der Waals surface area (Å²) in [5.74, 6) is 0.109. The maximum absolute atomic E-state index is 11.4. The number of nitrogens with zero attached hydrogens (tertiary/aromatic N) is 1. The van der Waals surface area contributed by atoms with E-state index in [9.17, 15) is 9.90 Å². The molecule has 2 N–H and O–H groups in total. The summed E-state index contributed by atoms with van der Waals surface area (Å²) in [4.78, 5) is 13.6. The number of hydrogen-bond acceptors (Lipinski definition) is 3. The van der Waals surface area contributed by atoms with Crippen molar-refractivity contribution in [3.63, 3.8) is 0 Å². The third kappa shape index (κ3) is 4.10. The van der Waals surface area contributed by atoms with E-state index in [0.717, 1.165) is 19.5 Å². The first kappa shape index (κ1) is 13.5. The van der Waals surface area contributed by atoms with Crippen LogP contribution in [0.15, 0.2) is 0 Å². The molecular formula is C12H24N2O2. The molecular weight excluding hydrogens is 204 g/mol. The summed E-state index contributed by atoms with van der Waals surface area (Å²) >= 11 is 0. The van der Waals surface area contributed by atoms with E-state index in [0.29, 0.717) is 13.0 Å². The second-order valence-corrected chi connectivity index (χ2v) is 4.54. The molecule has 2 unspecified atom stereocenters. The van der Waals surface area contributed by atoms with Crippen molar-refractivity contribution in [3.05, 3.63) is 0 Å². The average molecular weight is 228 g/mol. The van der Waals surface area contributed by atoms with Crippen LogP contribution in [0.5, 0.6) is 0 Å². The van der Waals surface area contributed by atoms with Crippen molar-refractivity contribution >= 4 is 5.91 Å². The number of carbonyl (C=O) groups excluding carboxylic acids is 1. The van der Waals surface area contributed by atoms with Gasteiger partial charge in [0.05, 0.1) is 6.10 Å². The third-order valence-corrected chi connectivity index (χ3v) is 3.22. The number of piperidine rings is 1. The molecule has 0 aliphatic carbocycles. The summed E-state index contributed by atoms with van der Waals surface area (Å²) in [6.07, 6.45) is 3.66. The molecule has 1 aliphatic heterocycles. The first-order valence-corrected chi connectivity index (χ1v) is 6.34. The van der Waals surface area contributed by atoms with Crippen LogP contribution in [0.3, 0.4) is 0 Å². The SMILES string of the molecule is CCNC(=O)CCN1CCCCC1C(C)O. The molecule has 0 saturated carbocycles. The molecule has 1 amide bonds. The van der Waals surface area contributed by atoms with Gasteiger partial charge in [0.2, 0.25) is 5.91 Å². The van der Waals surface area contributed by atoms with Crippen molar-refractivity contribution in [3.8, 4) is 0 Å². The standard InChI is InChI=1S/C12H24N2O2/c1-3-13-12(16)7-9-14-8-5-4-6-11(14)10(2)15/h10-11,15H,3-9H2,1-2H3,(H,13,16). The smallest absolute Gasteiger partial charge is 0.221 e. The van der Waals surface area contributed by atoms with E-state index >= 15 is 0 Å². The lowest BCUT2D eigenvalue weighted by molar-refractivity contribution is -0.121. The first-order valence-electron chi connectivity index (χ1n) is 6.34. The van der Waals surface area contributed by atoms with Gasteiger partial charge in [0.25, 0.3) is 0 Å². The number of aliphatic hydroxyl groups excluding tert-OH is 1. The van der Waals surface area contributed by atoms with Crippen molar-refractivity contribution in [2.45, 2.75) is 51.7 Å². The fourth-order valence-corrected chi connectivity index (χ4v) is 2.37. The van der Waals surface area contributed by atoms with Crippen LogP contribution in [0.1, 0.15) is 39.5 Å². The fraction of sp³-hybridized carbons (Fsp3) is 0.917.